The Morgan fingerprint density at radius 2 is 1.75 bits per heavy atom. The summed E-state index contributed by atoms with van der Waals surface area (Å²) in [5, 5.41) is 5.74. The van der Waals surface area contributed by atoms with Crippen molar-refractivity contribution in [2.24, 2.45) is 0 Å². The molecule has 0 aliphatic heterocycles. The highest BCUT2D eigenvalue weighted by molar-refractivity contribution is 6.35. The molecule has 7 heteroatoms. The van der Waals surface area contributed by atoms with Gasteiger partial charge in [0, 0.05) is 12.1 Å². The molecule has 1 aromatic carbocycles. The molecular formula is C25H33N3O4. The fourth-order valence-corrected chi connectivity index (χ4v) is 4.13. The van der Waals surface area contributed by atoms with E-state index in [9.17, 15) is 14.4 Å². The molecular weight excluding hydrogens is 406 g/mol. The van der Waals surface area contributed by atoms with E-state index in [-0.39, 0.29) is 24.5 Å². The monoisotopic (exact) mass is 439 g/mol. The number of aryl methyl sites for hydroxylation is 1. The summed E-state index contributed by atoms with van der Waals surface area (Å²) < 4.78 is 5.30. The van der Waals surface area contributed by atoms with Crippen molar-refractivity contribution < 1.29 is 18.8 Å². The van der Waals surface area contributed by atoms with Crippen LogP contribution in [0.15, 0.2) is 47.1 Å². The van der Waals surface area contributed by atoms with Gasteiger partial charge in [0.1, 0.15) is 11.8 Å². The van der Waals surface area contributed by atoms with E-state index >= 15 is 0 Å². The zero-order valence-corrected chi connectivity index (χ0v) is 19.1. The van der Waals surface area contributed by atoms with Crippen molar-refractivity contribution >= 4 is 17.7 Å². The fourth-order valence-electron chi connectivity index (χ4n) is 4.13. The second-order valence-electron chi connectivity index (χ2n) is 8.72. The van der Waals surface area contributed by atoms with Gasteiger partial charge in [-0.1, -0.05) is 49.1 Å². The van der Waals surface area contributed by atoms with Crippen LogP contribution in [0, 0.1) is 6.92 Å². The van der Waals surface area contributed by atoms with E-state index in [1.807, 2.05) is 45.0 Å². The van der Waals surface area contributed by atoms with Gasteiger partial charge in [-0.3, -0.25) is 14.4 Å². The Labute approximate surface area is 189 Å². The molecule has 3 amide bonds. The van der Waals surface area contributed by atoms with Gasteiger partial charge in [0.25, 0.3) is 0 Å². The molecule has 32 heavy (non-hydrogen) atoms. The number of carbonyl (C=O) groups excluding carboxylic acids is 3. The van der Waals surface area contributed by atoms with Crippen molar-refractivity contribution in [3.05, 3.63) is 59.5 Å². The largest absolute Gasteiger partial charge is 0.467 e. The van der Waals surface area contributed by atoms with Crippen LogP contribution in [0.2, 0.25) is 0 Å². The molecule has 1 heterocycles. The fraction of sp³-hybridized carbons (Fsp3) is 0.480. The molecule has 0 bridgehead atoms. The predicted octanol–water partition coefficient (Wildman–Crippen LogP) is 3.63. The number of furan rings is 1. The van der Waals surface area contributed by atoms with E-state index in [1.165, 1.54) is 4.90 Å². The summed E-state index contributed by atoms with van der Waals surface area (Å²) in [6.07, 6.45) is 6.56. The first kappa shape index (κ1) is 23.6. The standard InChI is InChI=1S/C25H33N3O4/c1-17(2)28(25(31)24(30)27-20-8-5-4-6-9-20)22(19-13-11-18(3)12-14-19)23(29)26-16-21-10-7-15-32-21/h7,10-15,17,20,22H,4-6,8-9,16H2,1-3H3,(H,26,29)(H,27,30)/t22-/m0/s1. The Morgan fingerprint density at radius 3 is 2.34 bits per heavy atom. The molecule has 1 fully saturated rings. The van der Waals surface area contributed by atoms with Crippen LogP contribution in [0.1, 0.15) is 68.9 Å². The topological polar surface area (TPSA) is 91.7 Å². The van der Waals surface area contributed by atoms with Crippen LogP contribution in [0.3, 0.4) is 0 Å². The lowest BCUT2D eigenvalue weighted by Crippen LogP contribution is -2.53. The lowest BCUT2D eigenvalue weighted by molar-refractivity contribution is -0.152. The summed E-state index contributed by atoms with van der Waals surface area (Å²) in [7, 11) is 0. The Bertz CT molecular complexity index is 900. The first-order valence-corrected chi connectivity index (χ1v) is 11.4. The van der Waals surface area contributed by atoms with Crippen molar-refractivity contribution in [3.63, 3.8) is 0 Å². The first-order chi connectivity index (χ1) is 15.4. The zero-order valence-electron chi connectivity index (χ0n) is 19.1. The molecule has 0 unspecified atom stereocenters. The van der Waals surface area contributed by atoms with Gasteiger partial charge in [-0.25, -0.2) is 0 Å². The third-order valence-electron chi connectivity index (χ3n) is 5.86. The smallest absolute Gasteiger partial charge is 0.313 e. The number of benzene rings is 1. The normalized spacial score (nSPS) is 15.2. The minimum Gasteiger partial charge on any atom is -0.467 e. The summed E-state index contributed by atoms with van der Waals surface area (Å²) >= 11 is 0. The summed E-state index contributed by atoms with van der Waals surface area (Å²) in [4.78, 5) is 40.8. The first-order valence-electron chi connectivity index (χ1n) is 11.4. The minimum absolute atomic E-state index is 0.0137. The van der Waals surface area contributed by atoms with Gasteiger partial charge in [-0.2, -0.15) is 0 Å². The van der Waals surface area contributed by atoms with Crippen LogP contribution in [0.4, 0.5) is 0 Å². The Kier molecular flexibility index (Phi) is 8.09. The molecule has 0 radical (unpaired) electrons. The van der Waals surface area contributed by atoms with Crippen molar-refractivity contribution in [2.45, 2.75) is 77.5 Å². The second kappa shape index (κ2) is 11.0. The molecule has 2 N–H and O–H groups in total. The number of rotatable bonds is 7. The summed E-state index contributed by atoms with van der Waals surface area (Å²) in [5.41, 5.74) is 1.70. The van der Waals surface area contributed by atoms with Crippen LogP contribution in [0.25, 0.3) is 0 Å². The highest BCUT2D eigenvalue weighted by atomic mass is 16.3. The lowest BCUT2D eigenvalue weighted by atomic mass is 9.95. The Balaban J connectivity index is 1.84. The summed E-state index contributed by atoms with van der Waals surface area (Å²) in [6, 6.07) is 9.68. The molecule has 172 valence electrons. The number of carbonyl (C=O) groups is 3. The van der Waals surface area contributed by atoms with E-state index in [0.717, 1.165) is 37.7 Å². The third-order valence-corrected chi connectivity index (χ3v) is 5.86. The van der Waals surface area contributed by atoms with Gasteiger partial charge in [0.2, 0.25) is 5.91 Å². The molecule has 0 saturated heterocycles. The number of hydrogen-bond acceptors (Lipinski definition) is 4. The quantitative estimate of drug-likeness (QED) is 0.645. The SMILES string of the molecule is Cc1ccc([C@@H](C(=O)NCc2ccco2)N(C(=O)C(=O)NC2CCCCC2)C(C)C)cc1. The highest BCUT2D eigenvalue weighted by Crippen LogP contribution is 2.25. The maximum Gasteiger partial charge on any atom is 0.313 e. The maximum atomic E-state index is 13.3. The Morgan fingerprint density at radius 1 is 1.06 bits per heavy atom. The highest BCUT2D eigenvalue weighted by Gasteiger charge is 2.37. The summed E-state index contributed by atoms with van der Waals surface area (Å²) in [5.74, 6) is -1.10. The molecule has 1 aliphatic carbocycles. The van der Waals surface area contributed by atoms with Gasteiger partial charge in [-0.05, 0) is 51.3 Å². The molecule has 1 atom stereocenters. The lowest BCUT2D eigenvalue weighted by Gasteiger charge is -2.34. The number of hydrogen-bond donors (Lipinski definition) is 2. The van der Waals surface area contributed by atoms with E-state index in [1.54, 1.807) is 18.4 Å². The van der Waals surface area contributed by atoms with Crippen LogP contribution in [-0.4, -0.2) is 34.7 Å². The van der Waals surface area contributed by atoms with Crippen molar-refractivity contribution in [1.29, 1.82) is 0 Å². The summed E-state index contributed by atoms with van der Waals surface area (Å²) in [6.45, 7) is 5.78. The average Bonchev–Trinajstić information content (AvgIpc) is 3.30. The number of nitrogens with one attached hydrogen (secondary N) is 2. The van der Waals surface area contributed by atoms with Gasteiger partial charge in [-0.15, -0.1) is 0 Å². The van der Waals surface area contributed by atoms with E-state index in [4.69, 9.17) is 4.42 Å². The number of nitrogens with zero attached hydrogens (tertiary/aromatic N) is 1. The molecule has 1 saturated carbocycles. The minimum atomic E-state index is -0.935. The third kappa shape index (κ3) is 5.99. The van der Waals surface area contributed by atoms with E-state index in [2.05, 4.69) is 10.6 Å². The van der Waals surface area contributed by atoms with Gasteiger partial charge >= 0.3 is 11.8 Å². The average molecular weight is 440 g/mol. The maximum absolute atomic E-state index is 13.3. The second-order valence-corrected chi connectivity index (χ2v) is 8.72. The van der Waals surface area contributed by atoms with Crippen LogP contribution in [0.5, 0.6) is 0 Å². The predicted molar refractivity (Wildman–Crippen MR) is 121 cm³/mol. The van der Waals surface area contributed by atoms with Gasteiger partial charge < -0.3 is 20.0 Å². The van der Waals surface area contributed by atoms with E-state index < -0.39 is 17.9 Å². The molecule has 1 aromatic heterocycles. The van der Waals surface area contributed by atoms with Crippen molar-refractivity contribution in [3.8, 4) is 0 Å². The van der Waals surface area contributed by atoms with Crippen LogP contribution < -0.4 is 10.6 Å². The molecule has 7 nitrogen and oxygen atoms in total. The molecule has 3 rings (SSSR count). The number of amides is 3. The Hall–Kier alpha value is -3.09. The van der Waals surface area contributed by atoms with Crippen molar-refractivity contribution in [2.75, 3.05) is 0 Å². The van der Waals surface area contributed by atoms with E-state index in [0.29, 0.717) is 11.3 Å². The van der Waals surface area contributed by atoms with Crippen LogP contribution in [-0.2, 0) is 20.9 Å². The van der Waals surface area contributed by atoms with Crippen molar-refractivity contribution in [1.82, 2.24) is 15.5 Å². The molecule has 1 aliphatic rings. The molecule has 0 spiro atoms. The van der Waals surface area contributed by atoms with Gasteiger partial charge in [0.15, 0.2) is 0 Å². The zero-order chi connectivity index (χ0) is 23.1. The molecule has 2 aromatic rings. The van der Waals surface area contributed by atoms with Crippen LogP contribution >= 0.6 is 0 Å². The van der Waals surface area contributed by atoms with Gasteiger partial charge in [0.05, 0.1) is 12.8 Å².